The Labute approximate surface area is 185 Å². The lowest BCUT2D eigenvalue weighted by Gasteiger charge is -2.22. The molecule has 6 heteroatoms. The minimum atomic E-state index is -0.455. The van der Waals surface area contributed by atoms with Gasteiger partial charge in [0.05, 0.1) is 0 Å². The first-order valence-corrected chi connectivity index (χ1v) is 12.0. The van der Waals surface area contributed by atoms with Crippen molar-refractivity contribution < 1.29 is 9.59 Å². The smallest absolute Gasteiger partial charge is 0.259 e. The van der Waals surface area contributed by atoms with E-state index in [1.165, 1.54) is 18.4 Å². The van der Waals surface area contributed by atoms with Crippen LogP contribution in [0, 0.1) is 0 Å². The summed E-state index contributed by atoms with van der Waals surface area (Å²) >= 11 is 0. The maximum absolute atomic E-state index is 13.2. The number of pyridine rings is 1. The molecular formula is C25H37N3O3. The Bertz CT molecular complexity index is 863. The molecule has 1 aromatic rings. The van der Waals surface area contributed by atoms with Crippen LogP contribution in [-0.4, -0.2) is 40.9 Å². The topological polar surface area (TPSA) is 71.4 Å². The highest BCUT2D eigenvalue weighted by molar-refractivity contribution is 5.99. The number of carbonyl (C=O) groups excluding carboxylic acids is 2. The molecule has 170 valence electrons. The third kappa shape index (κ3) is 6.08. The Kier molecular flexibility index (Phi) is 8.50. The lowest BCUT2D eigenvalue weighted by molar-refractivity contribution is 0.0759. The Balaban J connectivity index is 1.81. The number of amides is 2. The zero-order chi connectivity index (χ0) is 22.2. The lowest BCUT2D eigenvalue weighted by Crippen LogP contribution is -2.38. The van der Waals surface area contributed by atoms with Crippen LogP contribution in [0.3, 0.4) is 0 Å². The average Bonchev–Trinajstić information content (AvgIpc) is 3.08. The molecule has 1 N–H and O–H groups in total. The van der Waals surface area contributed by atoms with E-state index in [0.717, 1.165) is 51.4 Å². The molecule has 0 unspecified atom stereocenters. The summed E-state index contributed by atoms with van der Waals surface area (Å²) in [7, 11) is 0. The summed E-state index contributed by atoms with van der Waals surface area (Å²) in [5.74, 6) is -0.630. The summed E-state index contributed by atoms with van der Waals surface area (Å²) in [6, 6.07) is 0.0928. The van der Waals surface area contributed by atoms with Crippen LogP contribution >= 0.6 is 0 Å². The van der Waals surface area contributed by atoms with E-state index in [4.69, 9.17) is 0 Å². The van der Waals surface area contributed by atoms with Gasteiger partial charge in [-0.05, 0) is 58.3 Å². The van der Waals surface area contributed by atoms with Crippen LogP contribution in [0.1, 0.15) is 105 Å². The van der Waals surface area contributed by atoms with Crippen molar-refractivity contribution in [2.75, 3.05) is 19.6 Å². The van der Waals surface area contributed by atoms with Crippen molar-refractivity contribution >= 4 is 11.8 Å². The first-order valence-electron chi connectivity index (χ1n) is 12.0. The normalized spacial score (nSPS) is 18.1. The van der Waals surface area contributed by atoms with Crippen LogP contribution in [-0.2, 0) is 0 Å². The van der Waals surface area contributed by atoms with Crippen molar-refractivity contribution in [3.05, 3.63) is 45.4 Å². The number of nitrogens with one attached hydrogen (secondary N) is 1. The molecule has 3 rings (SSSR count). The minimum Gasteiger partial charge on any atom is -0.352 e. The lowest BCUT2D eigenvalue weighted by atomic mass is 9.97. The average molecular weight is 428 g/mol. The van der Waals surface area contributed by atoms with Gasteiger partial charge < -0.3 is 14.8 Å². The number of carbonyl (C=O) groups is 2. The molecule has 1 aliphatic heterocycles. The summed E-state index contributed by atoms with van der Waals surface area (Å²) in [6.45, 7) is 5.94. The molecule has 2 heterocycles. The number of rotatable bonds is 7. The van der Waals surface area contributed by atoms with Gasteiger partial charge in [0.15, 0.2) is 0 Å². The van der Waals surface area contributed by atoms with Gasteiger partial charge >= 0.3 is 0 Å². The molecule has 2 amide bonds. The van der Waals surface area contributed by atoms with Gasteiger partial charge in [0.25, 0.3) is 11.8 Å². The van der Waals surface area contributed by atoms with Crippen LogP contribution in [0.25, 0.3) is 0 Å². The van der Waals surface area contributed by atoms with Crippen LogP contribution in [0.4, 0.5) is 0 Å². The van der Waals surface area contributed by atoms with Gasteiger partial charge in [-0.15, -0.1) is 0 Å². The molecule has 1 atom stereocenters. The van der Waals surface area contributed by atoms with Crippen LogP contribution in [0.15, 0.2) is 28.8 Å². The molecule has 1 aliphatic carbocycles. The monoisotopic (exact) mass is 427 g/mol. The highest BCUT2D eigenvalue weighted by atomic mass is 16.2. The molecule has 31 heavy (non-hydrogen) atoms. The predicted molar refractivity (Wildman–Crippen MR) is 124 cm³/mol. The van der Waals surface area contributed by atoms with E-state index in [0.29, 0.717) is 19.6 Å². The molecular weight excluding hydrogens is 390 g/mol. The number of likely N-dealkylation sites (tertiary alicyclic amines) is 1. The van der Waals surface area contributed by atoms with Crippen molar-refractivity contribution in [1.29, 1.82) is 0 Å². The first-order chi connectivity index (χ1) is 15.0. The maximum atomic E-state index is 13.2. The molecule has 1 fully saturated rings. The zero-order valence-corrected chi connectivity index (χ0v) is 19.1. The van der Waals surface area contributed by atoms with Crippen molar-refractivity contribution in [2.45, 2.75) is 84.1 Å². The number of nitrogens with zero attached hydrogens (tertiary/aromatic N) is 2. The Morgan fingerprint density at radius 3 is 2.39 bits per heavy atom. The van der Waals surface area contributed by atoms with E-state index in [1.54, 1.807) is 17.3 Å². The van der Waals surface area contributed by atoms with E-state index in [-0.39, 0.29) is 29.0 Å². The third-order valence-electron chi connectivity index (χ3n) is 6.63. The van der Waals surface area contributed by atoms with E-state index in [1.807, 2.05) is 11.5 Å². The Hall–Kier alpha value is -2.37. The largest absolute Gasteiger partial charge is 0.352 e. The van der Waals surface area contributed by atoms with Gasteiger partial charge in [-0.1, -0.05) is 31.4 Å². The summed E-state index contributed by atoms with van der Waals surface area (Å²) in [6.07, 6.45) is 16.0. The second-order valence-corrected chi connectivity index (χ2v) is 8.94. The zero-order valence-electron chi connectivity index (χ0n) is 19.1. The number of hydrogen-bond acceptors (Lipinski definition) is 3. The van der Waals surface area contributed by atoms with E-state index < -0.39 is 5.43 Å². The quantitative estimate of drug-likeness (QED) is 0.653. The van der Waals surface area contributed by atoms with Crippen LogP contribution in [0.2, 0.25) is 0 Å². The fourth-order valence-electron chi connectivity index (χ4n) is 4.38. The van der Waals surface area contributed by atoms with E-state index >= 15 is 0 Å². The maximum Gasteiger partial charge on any atom is 0.259 e. The fraction of sp³-hybridized carbons (Fsp3) is 0.640. The van der Waals surface area contributed by atoms with Gasteiger partial charge in [0.1, 0.15) is 11.1 Å². The summed E-state index contributed by atoms with van der Waals surface area (Å²) in [5.41, 5.74) is 1.11. The Morgan fingerprint density at radius 1 is 1.03 bits per heavy atom. The van der Waals surface area contributed by atoms with Crippen molar-refractivity contribution in [1.82, 2.24) is 14.8 Å². The Morgan fingerprint density at radius 2 is 1.74 bits per heavy atom. The van der Waals surface area contributed by atoms with Gasteiger partial charge in [0.2, 0.25) is 5.43 Å². The summed E-state index contributed by atoms with van der Waals surface area (Å²) < 4.78 is 1.85. The molecule has 0 aromatic carbocycles. The van der Waals surface area contributed by atoms with Crippen molar-refractivity contribution in [3.8, 4) is 0 Å². The van der Waals surface area contributed by atoms with Gasteiger partial charge in [-0.2, -0.15) is 0 Å². The van der Waals surface area contributed by atoms with Crippen molar-refractivity contribution in [3.63, 3.8) is 0 Å². The third-order valence-corrected chi connectivity index (χ3v) is 6.63. The van der Waals surface area contributed by atoms with Crippen molar-refractivity contribution in [2.24, 2.45) is 0 Å². The van der Waals surface area contributed by atoms with Gasteiger partial charge in [-0.3, -0.25) is 14.4 Å². The van der Waals surface area contributed by atoms with Gasteiger partial charge in [-0.25, -0.2) is 0 Å². The molecule has 0 bridgehead atoms. The molecule has 1 aromatic heterocycles. The number of aromatic nitrogens is 1. The molecule has 0 radical (unpaired) electrons. The molecule has 2 aliphatic rings. The minimum absolute atomic E-state index is 0.0681. The highest BCUT2D eigenvalue weighted by Gasteiger charge is 2.24. The molecule has 1 saturated heterocycles. The summed E-state index contributed by atoms with van der Waals surface area (Å²) in [5, 5.41) is 2.91. The fourth-order valence-corrected chi connectivity index (χ4v) is 4.38. The molecule has 0 spiro atoms. The van der Waals surface area contributed by atoms with Gasteiger partial charge in [0, 0.05) is 38.1 Å². The predicted octanol–water partition coefficient (Wildman–Crippen LogP) is 4.46. The SMILES string of the molecule is CC[C@H](C)n1cc(C(=O)NCCC2=CCCCC2)c(=O)c(C(=O)N2CCCCCC2)c1. The number of hydrogen-bond donors (Lipinski definition) is 1. The molecule has 0 saturated carbocycles. The van der Waals surface area contributed by atoms with Crippen LogP contribution < -0.4 is 10.7 Å². The standard InChI is InChI=1S/C25H37N3O3/c1-3-19(2)28-17-21(24(30)26-14-13-20-11-7-6-8-12-20)23(29)22(18-28)25(31)27-15-9-4-5-10-16-27/h11,17-19H,3-10,12-16H2,1-2H3,(H,26,30)/t19-/m0/s1. The molecule has 6 nitrogen and oxygen atoms in total. The van der Waals surface area contributed by atoms with E-state index in [2.05, 4.69) is 18.3 Å². The van der Waals surface area contributed by atoms with E-state index in [9.17, 15) is 14.4 Å². The first kappa shape index (κ1) is 23.3. The second-order valence-electron chi connectivity index (χ2n) is 8.94. The second kappa shape index (κ2) is 11.3. The number of allylic oxidation sites excluding steroid dienone is 1. The summed E-state index contributed by atoms with van der Waals surface area (Å²) in [4.78, 5) is 41.1. The highest BCUT2D eigenvalue weighted by Crippen LogP contribution is 2.19. The van der Waals surface area contributed by atoms with Crippen LogP contribution in [0.5, 0.6) is 0 Å².